The number of carbonyl (C=O) groups is 1. The Morgan fingerprint density at radius 2 is 2.26 bits per heavy atom. The Balaban J connectivity index is 1.75. The number of aryl methyl sites for hydroxylation is 1. The molecule has 0 radical (unpaired) electrons. The van der Waals surface area contributed by atoms with Crippen LogP contribution in [0.15, 0.2) is 34.3 Å². The number of halogens is 2. The molecule has 7 nitrogen and oxygen atoms in total. The number of carboxylic acid groups (broad SMARTS) is 1. The molecule has 0 amide bonds. The molecule has 3 heterocycles. The molecule has 1 aliphatic heterocycles. The van der Waals surface area contributed by atoms with Gasteiger partial charge in [-0.05, 0) is 54.4 Å². The summed E-state index contributed by atoms with van der Waals surface area (Å²) in [7, 11) is 0. The van der Waals surface area contributed by atoms with Gasteiger partial charge in [-0.15, -0.1) is 0 Å². The molecular formula is C21H21ClFN5O2S. The first-order valence-corrected chi connectivity index (χ1v) is 11.0. The van der Waals surface area contributed by atoms with Crippen molar-refractivity contribution in [3.8, 4) is 0 Å². The molecule has 31 heavy (non-hydrogen) atoms. The first-order chi connectivity index (χ1) is 14.8. The zero-order valence-corrected chi connectivity index (χ0v) is 18.3. The third-order valence-corrected chi connectivity index (χ3v) is 6.28. The van der Waals surface area contributed by atoms with Crippen molar-refractivity contribution < 1.29 is 14.3 Å². The number of H-pyrrole nitrogens is 1. The highest BCUT2D eigenvalue weighted by Crippen LogP contribution is 2.37. The lowest BCUT2D eigenvalue weighted by Gasteiger charge is -2.18. The number of aromatic nitrogens is 3. The number of benzene rings is 1. The second-order valence-corrected chi connectivity index (χ2v) is 8.73. The van der Waals surface area contributed by atoms with Gasteiger partial charge in [0.15, 0.2) is 5.16 Å². The summed E-state index contributed by atoms with van der Waals surface area (Å²) in [5, 5.41) is 10.6. The summed E-state index contributed by atoms with van der Waals surface area (Å²) in [5.41, 5.74) is 8.04. The maximum absolute atomic E-state index is 14.1. The van der Waals surface area contributed by atoms with Crippen LogP contribution >= 0.6 is 23.4 Å². The lowest BCUT2D eigenvalue weighted by Crippen LogP contribution is -2.27. The summed E-state index contributed by atoms with van der Waals surface area (Å²) in [6.07, 6.45) is 3.89. The molecule has 0 spiro atoms. The number of nitrogens with zero attached hydrogens (tertiary/aromatic N) is 3. The molecule has 0 bridgehead atoms. The lowest BCUT2D eigenvalue weighted by atomic mass is 10.2. The lowest BCUT2D eigenvalue weighted by molar-refractivity contribution is -0.131. The molecule has 0 aliphatic carbocycles. The van der Waals surface area contributed by atoms with Crippen molar-refractivity contribution in [2.75, 3.05) is 18.0 Å². The van der Waals surface area contributed by atoms with E-state index in [0.717, 1.165) is 36.5 Å². The molecule has 0 saturated carbocycles. The van der Waals surface area contributed by atoms with Crippen LogP contribution in [0.1, 0.15) is 24.6 Å². The van der Waals surface area contributed by atoms with E-state index < -0.39 is 11.8 Å². The Bertz CT molecular complexity index is 1180. The van der Waals surface area contributed by atoms with Gasteiger partial charge in [0.05, 0.1) is 10.4 Å². The summed E-state index contributed by atoms with van der Waals surface area (Å²) in [4.78, 5) is 26.0. The van der Waals surface area contributed by atoms with Crippen molar-refractivity contribution >= 4 is 52.3 Å². The van der Waals surface area contributed by atoms with Gasteiger partial charge in [-0.25, -0.2) is 19.2 Å². The Kier molecular flexibility index (Phi) is 6.17. The highest BCUT2D eigenvalue weighted by atomic mass is 35.5. The maximum Gasteiger partial charge on any atom is 0.328 e. The third-order valence-electron chi connectivity index (χ3n) is 5.02. The number of fused-ring (bicyclic) bond motifs is 1. The second-order valence-electron chi connectivity index (χ2n) is 7.31. The van der Waals surface area contributed by atoms with Gasteiger partial charge in [0, 0.05) is 35.8 Å². The Morgan fingerprint density at radius 3 is 2.94 bits per heavy atom. The van der Waals surface area contributed by atoms with Crippen LogP contribution < -0.4 is 10.6 Å². The minimum atomic E-state index is -1.10. The molecule has 1 fully saturated rings. The Hall–Kier alpha value is -2.62. The smallest absolute Gasteiger partial charge is 0.328 e. The van der Waals surface area contributed by atoms with Gasteiger partial charge >= 0.3 is 5.97 Å². The molecule has 1 aliphatic rings. The summed E-state index contributed by atoms with van der Waals surface area (Å²) in [6, 6.07) is 4.38. The summed E-state index contributed by atoms with van der Waals surface area (Å²) in [5.74, 6) is -0.863. The van der Waals surface area contributed by atoms with E-state index in [1.165, 1.54) is 30.0 Å². The predicted octanol–water partition coefficient (Wildman–Crippen LogP) is 4.10. The van der Waals surface area contributed by atoms with Crippen molar-refractivity contribution in [3.63, 3.8) is 0 Å². The molecule has 1 saturated heterocycles. The fourth-order valence-corrected chi connectivity index (χ4v) is 4.78. The Morgan fingerprint density at radius 1 is 1.45 bits per heavy atom. The number of rotatable bonds is 6. The molecule has 1 atom stereocenters. The third kappa shape index (κ3) is 4.68. The van der Waals surface area contributed by atoms with Gasteiger partial charge in [-0.2, -0.15) is 0 Å². The monoisotopic (exact) mass is 461 g/mol. The fraction of sp³-hybridized carbons (Fsp3) is 0.286. The van der Waals surface area contributed by atoms with Gasteiger partial charge in [0.1, 0.15) is 17.3 Å². The van der Waals surface area contributed by atoms with Crippen LogP contribution in [-0.2, 0) is 11.2 Å². The summed E-state index contributed by atoms with van der Waals surface area (Å²) < 4.78 is 14.1. The highest BCUT2D eigenvalue weighted by molar-refractivity contribution is 7.99. The summed E-state index contributed by atoms with van der Waals surface area (Å²) in [6.45, 7) is 3.44. The van der Waals surface area contributed by atoms with Crippen LogP contribution in [0, 0.1) is 5.82 Å². The molecule has 4 rings (SSSR count). The topological polar surface area (TPSA) is 108 Å². The van der Waals surface area contributed by atoms with E-state index in [4.69, 9.17) is 27.4 Å². The predicted molar refractivity (Wildman–Crippen MR) is 120 cm³/mol. The molecular weight excluding hydrogens is 441 g/mol. The minimum Gasteiger partial charge on any atom is -0.478 e. The van der Waals surface area contributed by atoms with E-state index in [0.29, 0.717) is 38.6 Å². The second kappa shape index (κ2) is 8.86. The van der Waals surface area contributed by atoms with E-state index in [1.807, 2.05) is 6.92 Å². The van der Waals surface area contributed by atoms with Crippen molar-refractivity contribution in [2.45, 2.75) is 35.9 Å². The van der Waals surface area contributed by atoms with E-state index in [2.05, 4.69) is 14.9 Å². The zero-order valence-electron chi connectivity index (χ0n) is 16.7. The number of carboxylic acids is 1. The molecule has 10 heteroatoms. The highest BCUT2D eigenvalue weighted by Gasteiger charge is 2.26. The molecule has 0 unspecified atom stereocenters. The standard InChI is InChI=1S/C21H21ClFN5O2S/c1-2-15-18(22)17-19(25-15)26-21(27-20(17)28-6-5-13(24)10-28)31-14-8-11(3-4-16(29)30)7-12(23)9-14/h3-4,7-9,13H,2,5-6,10,24H2,1H3,(H,29,30)(H,25,26,27)/b4-3+/t13-/m0/s1. The average Bonchev–Trinajstić information content (AvgIpc) is 3.28. The number of aliphatic carboxylic acids is 1. The van der Waals surface area contributed by atoms with Crippen molar-refractivity contribution in [2.24, 2.45) is 5.73 Å². The van der Waals surface area contributed by atoms with E-state index in [-0.39, 0.29) is 6.04 Å². The molecule has 3 aromatic rings. The van der Waals surface area contributed by atoms with Gasteiger partial charge in [-0.3, -0.25) is 0 Å². The number of aromatic amines is 1. The summed E-state index contributed by atoms with van der Waals surface area (Å²) >= 11 is 7.81. The maximum atomic E-state index is 14.1. The fourth-order valence-electron chi connectivity index (χ4n) is 3.58. The SMILES string of the molecule is CCc1[nH]c2nc(Sc3cc(F)cc(/C=C/C(=O)O)c3)nc(N3CC[C@H](N)C3)c2c1Cl. The zero-order chi connectivity index (χ0) is 22.1. The van der Waals surface area contributed by atoms with Crippen molar-refractivity contribution in [1.29, 1.82) is 0 Å². The van der Waals surface area contributed by atoms with Crippen molar-refractivity contribution in [3.05, 3.63) is 46.4 Å². The van der Waals surface area contributed by atoms with Crippen LogP contribution in [0.25, 0.3) is 17.1 Å². The number of hydrogen-bond donors (Lipinski definition) is 3. The largest absolute Gasteiger partial charge is 0.478 e. The normalized spacial score (nSPS) is 16.6. The first-order valence-electron chi connectivity index (χ1n) is 9.82. The van der Waals surface area contributed by atoms with Crippen molar-refractivity contribution in [1.82, 2.24) is 15.0 Å². The van der Waals surface area contributed by atoms with Crippen LogP contribution in [0.5, 0.6) is 0 Å². The van der Waals surface area contributed by atoms with Gasteiger partial charge < -0.3 is 20.7 Å². The van der Waals surface area contributed by atoms with Crippen LogP contribution in [0.4, 0.5) is 10.2 Å². The quantitative estimate of drug-likeness (QED) is 0.374. The number of nitrogens with one attached hydrogen (secondary N) is 1. The van der Waals surface area contributed by atoms with E-state index >= 15 is 0 Å². The molecule has 1 aromatic carbocycles. The number of nitrogens with two attached hydrogens (primary N) is 1. The van der Waals surface area contributed by atoms with Gasteiger partial charge in [0.2, 0.25) is 0 Å². The number of hydrogen-bond acceptors (Lipinski definition) is 6. The van der Waals surface area contributed by atoms with Crippen LogP contribution in [-0.4, -0.2) is 45.2 Å². The van der Waals surface area contributed by atoms with Crippen LogP contribution in [0.3, 0.4) is 0 Å². The molecule has 4 N–H and O–H groups in total. The van der Waals surface area contributed by atoms with Gasteiger partial charge in [0.25, 0.3) is 0 Å². The van der Waals surface area contributed by atoms with Gasteiger partial charge in [-0.1, -0.05) is 18.5 Å². The molecule has 162 valence electrons. The van der Waals surface area contributed by atoms with Crippen LogP contribution in [0.2, 0.25) is 5.02 Å². The van der Waals surface area contributed by atoms with E-state index in [9.17, 15) is 9.18 Å². The first kappa shape index (κ1) is 21.6. The molecule has 2 aromatic heterocycles. The number of anilines is 1. The average molecular weight is 462 g/mol. The minimum absolute atomic E-state index is 0.0660. The van der Waals surface area contributed by atoms with E-state index in [1.54, 1.807) is 6.07 Å². The Labute approximate surface area is 187 Å².